The van der Waals surface area contributed by atoms with E-state index in [1.165, 1.54) is 130 Å². The third-order valence-electron chi connectivity index (χ3n) is 24.0. The van der Waals surface area contributed by atoms with Crippen LogP contribution in [0.25, 0.3) is 99.2 Å². The molecule has 5 nitrogen and oxygen atoms in total. The first-order chi connectivity index (χ1) is 55.3. The Kier molecular flexibility index (Phi) is 23.8. The molecule has 0 aliphatic heterocycles. The Morgan fingerprint density at radius 2 is 0.725 bits per heavy atom. The summed E-state index contributed by atoms with van der Waals surface area (Å²) in [4.78, 5) is 4.30. The summed E-state index contributed by atoms with van der Waals surface area (Å²) >= 11 is 0. The van der Waals surface area contributed by atoms with Crippen molar-refractivity contribution >= 4 is 43.1 Å². The van der Waals surface area contributed by atoms with Gasteiger partial charge in [-0.25, -0.2) is 13.7 Å². The minimum Gasteiger partial charge on any atom is -0.264 e. The zero-order valence-electron chi connectivity index (χ0n) is 78.4. The van der Waals surface area contributed by atoms with Gasteiger partial charge in [0.05, 0.1) is 43.8 Å². The van der Waals surface area contributed by atoms with E-state index in [0.29, 0.717) is 47.8 Å². The summed E-state index contributed by atoms with van der Waals surface area (Å²) in [6.07, 6.45) is 14.3. The fourth-order valence-electron chi connectivity index (χ4n) is 16.5. The van der Waals surface area contributed by atoms with Crippen molar-refractivity contribution in [2.75, 3.05) is 0 Å². The maximum atomic E-state index is 8.62. The summed E-state index contributed by atoms with van der Waals surface area (Å²) in [5.41, 5.74) is 29.0. The first-order valence-corrected chi connectivity index (χ1v) is 40.4. The van der Waals surface area contributed by atoms with Crippen molar-refractivity contribution in [1.82, 2.24) is 4.98 Å². The first kappa shape index (κ1) is 71.2. The van der Waals surface area contributed by atoms with Gasteiger partial charge in [0, 0.05) is 56.0 Å². The molecule has 5 heterocycles. The lowest BCUT2D eigenvalue weighted by atomic mass is 9.89. The minimum absolute atomic E-state index is 0.390. The molecule has 109 heavy (non-hydrogen) atoms. The quantitative estimate of drug-likeness (QED) is 0.0742. The molecule has 0 fully saturated rings. The first-order valence-electron chi connectivity index (χ1n) is 44.4. The summed E-state index contributed by atoms with van der Waals surface area (Å²) in [5.74, 6) is -0.126. The second kappa shape index (κ2) is 36.4. The van der Waals surface area contributed by atoms with Gasteiger partial charge in [0.15, 0.2) is 24.2 Å². The number of hydrogen-bond donors (Lipinski definition) is 0. The van der Waals surface area contributed by atoms with E-state index in [0.717, 1.165) is 105 Å². The lowest BCUT2D eigenvalue weighted by Crippen LogP contribution is -2.35. The fourth-order valence-corrected chi connectivity index (χ4v) is 16.5. The topological polar surface area (TPSA) is 28.4 Å². The molecule has 8 aromatic carbocycles. The van der Waals surface area contributed by atoms with Gasteiger partial charge < -0.3 is 0 Å². The third-order valence-corrected chi connectivity index (χ3v) is 24.0. The van der Waals surface area contributed by atoms with Crippen LogP contribution in [-0.4, -0.2) is 4.98 Å². The van der Waals surface area contributed by atoms with Crippen LogP contribution in [0, 0.1) is 62.3 Å². The van der Waals surface area contributed by atoms with Crippen LogP contribution < -0.4 is 18.3 Å². The normalized spacial score (nSPS) is 13.4. The van der Waals surface area contributed by atoms with Crippen LogP contribution in [0.3, 0.4) is 0 Å². The molecule has 1 atom stereocenters. The molecule has 0 saturated heterocycles. The molecule has 5 aromatic heterocycles. The monoisotopic (exact) mass is 1460 g/mol. The van der Waals surface area contributed by atoms with Crippen molar-refractivity contribution < 1.29 is 29.2 Å². The van der Waals surface area contributed by atoms with Crippen molar-refractivity contribution in [2.45, 2.75) is 232 Å². The lowest BCUT2D eigenvalue weighted by molar-refractivity contribution is -0.665. The number of aryl methyl sites for hydroxylation is 6. The Labute approximate surface area is 668 Å². The smallest absolute Gasteiger partial charge is 0.220 e. The zero-order valence-corrected chi connectivity index (χ0v) is 70.4. The molecule has 0 radical (unpaired) electrons. The molecule has 5 heteroatoms. The summed E-state index contributed by atoms with van der Waals surface area (Å²) in [7, 11) is 8.02. The van der Waals surface area contributed by atoms with Gasteiger partial charge in [0.25, 0.3) is 0 Å². The van der Waals surface area contributed by atoms with Crippen LogP contribution in [0.2, 0.25) is 0 Å². The van der Waals surface area contributed by atoms with Crippen molar-refractivity contribution in [2.24, 2.45) is 28.2 Å². The van der Waals surface area contributed by atoms with E-state index in [9.17, 15) is 0 Å². The average molecular weight is 1460 g/mol. The zero-order chi connectivity index (χ0) is 85.8. The van der Waals surface area contributed by atoms with E-state index in [2.05, 4.69) is 248 Å². The number of benzene rings is 8. The number of pyridine rings is 5. The molecule has 1 unspecified atom stereocenters. The van der Waals surface area contributed by atoms with E-state index >= 15 is 0 Å². The van der Waals surface area contributed by atoms with Crippen LogP contribution in [0.4, 0.5) is 0 Å². The van der Waals surface area contributed by atoms with Crippen molar-refractivity contribution in [3.8, 4) is 56.2 Å². The Hall–Kier alpha value is -9.45. The van der Waals surface area contributed by atoms with Gasteiger partial charge >= 0.3 is 0 Å². The Morgan fingerprint density at radius 1 is 0.349 bits per heavy atom. The Morgan fingerprint density at radius 3 is 1.10 bits per heavy atom. The molecule has 0 amide bonds. The van der Waals surface area contributed by atoms with Crippen molar-refractivity contribution in [3.63, 3.8) is 0 Å². The van der Waals surface area contributed by atoms with Crippen molar-refractivity contribution in [1.29, 1.82) is 0 Å². The molecule has 0 aliphatic carbocycles. The molecule has 566 valence electrons. The summed E-state index contributed by atoms with van der Waals surface area (Å²) in [6, 6.07) is 58.6. The highest BCUT2D eigenvalue weighted by Crippen LogP contribution is 2.40. The maximum absolute atomic E-state index is 8.62. The third kappa shape index (κ3) is 17.9. The van der Waals surface area contributed by atoms with Gasteiger partial charge in [-0.05, 0) is 296 Å². The summed E-state index contributed by atoms with van der Waals surface area (Å²) in [5, 5.41) is 9.37. The molecule has 0 aliphatic rings. The number of rotatable bonds is 19. The van der Waals surface area contributed by atoms with Crippen LogP contribution >= 0.6 is 0 Å². The minimum atomic E-state index is -2.45. The van der Waals surface area contributed by atoms with E-state index in [-0.39, 0.29) is 0 Å². The second-order valence-electron chi connectivity index (χ2n) is 31.3. The number of hydrogen-bond acceptors (Lipinski definition) is 1. The molecule has 0 saturated carbocycles. The number of aromatic nitrogens is 5. The molecule has 0 N–H and O–H groups in total. The van der Waals surface area contributed by atoms with Gasteiger partial charge in [-0.15, -0.1) is 0 Å². The molecular weight excluding hydrogens is 1320 g/mol. The predicted octanol–water partition coefficient (Wildman–Crippen LogP) is 27.0. The molecular formula is C104H129N5+4. The molecule has 0 spiro atoms. The highest BCUT2D eigenvalue weighted by atomic mass is 14.9. The van der Waals surface area contributed by atoms with Crippen LogP contribution in [0.15, 0.2) is 195 Å². The fraction of sp³-hybridized carbons (Fsp3) is 0.375. The second-order valence-corrected chi connectivity index (χ2v) is 31.3. The Bertz CT molecular complexity index is 5790. The largest absolute Gasteiger partial charge is 0.264 e. The number of nitrogens with zero attached hydrogens (tertiary/aromatic N) is 5. The molecule has 0 bridgehead atoms. The predicted molar refractivity (Wildman–Crippen MR) is 470 cm³/mol. The van der Waals surface area contributed by atoms with E-state index in [4.69, 9.17) is 11.0 Å². The van der Waals surface area contributed by atoms with Gasteiger partial charge in [-0.2, -0.15) is 4.57 Å². The lowest BCUT2D eigenvalue weighted by Gasteiger charge is -2.16. The maximum Gasteiger partial charge on any atom is 0.220 e. The standard InChI is InChI=1S/C28H31N2.2C26H34N.C24H30N/c1-6-21(7-2)22-12-13-26-25(16-22)15-20(4)30(5)28(26)27-17-23(11-10-19(27)3)24-9-8-14-29-18-24;2*1-8-20(9-2)21-10-11-24-22(15-21)12-13-27(7)26(24)25-16-23(17(3)4)14-18(5)19(25)6;1-7-19(8-2)20-9-10-22-21(15-20)11-12-25(6)24(22)23-14-16(3)13-17(4)18(23)5/h8-18,21H,6-7H2,1-5H3;2*10-17,20H,8-9H2,1-7H3;9-15,19H,7-8H2,1-6H3/q4*+1/i;3D3,13D,17D;13D,17D;12D. The van der Waals surface area contributed by atoms with Gasteiger partial charge in [-0.1, -0.05) is 174 Å². The molecule has 13 rings (SSSR count). The van der Waals surface area contributed by atoms with E-state index in [1.807, 2.05) is 111 Å². The van der Waals surface area contributed by atoms with Crippen LogP contribution in [0.5, 0.6) is 0 Å². The van der Waals surface area contributed by atoms with E-state index < -0.39 is 18.6 Å². The van der Waals surface area contributed by atoms with Gasteiger partial charge in [-0.3, -0.25) is 4.98 Å². The van der Waals surface area contributed by atoms with Crippen LogP contribution in [-0.2, 0) is 28.2 Å². The number of fused-ring (bicyclic) bond motifs is 4. The molecule has 13 aromatic rings. The SMILES string of the molecule is CCC(CC)c1ccc2c(-c3cc(-c4cccnc4)ccc3C)[n+](C)c(C)cc2c1.[2H]c1cc2cc(C(CC)CC)ccc2c(-c2cc(C([2H])(C)C([2H])([2H])[2H])cc(C)c2C)[n+]1C.[2H]c1cc2cc(C(CC)CC)ccc2c(-c2cc(C([2H])(C)C)cc(C)c2C)[n+]1C.[2H]c1cc2cc(C(CC)CC)ccc2c(-c2cc(C)cc(C)c2C)[n+]1C. The van der Waals surface area contributed by atoms with Gasteiger partial charge in [0.2, 0.25) is 22.8 Å². The summed E-state index contributed by atoms with van der Waals surface area (Å²) in [6.45, 7) is 40.0. The highest BCUT2D eigenvalue weighted by molar-refractivity contribution is 5.98. The van der Waals surface area contributed by atoms with Crippen molar-refractivity contribution in [3.05, 3.63) is 278 Å². The van der Waals surface area contributed by atoms with Crippen LogP contribution in [0.1, 0.15) is 264 Å². The van der Waals surface area contributed by atoms with Gasteiger partial charge in [0.1, 0.15) is 32.3 Å². The average Bonchev–Trinajstić information content (AvgIpc) is 0.754. The highest BCUT2D eigenvalue weighted by Gasteiger charge is 2.26. The van der Waals surface area contributed by atoms with E-state index in [1.54, 1.807) is 0 Å². The Balaban J connectivity index is 0.000000165. The summed E-state index contributed by atoms with van der Waals surface area (Å²) < 4.78 is 74.7.